The summed E-state index contributed by atoms with van der Waals surface area (Å²) < 4.78 is 28.1. The molecule has 1 fully saturated rings. The van der Waals surface area contributed by atoms with E-state index in [-0.39, 0.29) is 82.3 Å². The summed E-state index contributed by atoms with van der Waals surface area (Å²) >= 11 is 0. The topological polar surface area (TPSA) is 155 Å². The van der Waals surface area contributed by atoms with Gasteiger partial charge in [0.1, 0.15) is 19.8 Å². The number of esters is 5. The fraction of sp³-hybridized carbons (Fsp3) is 0.845. The Morgan fingerprint density at radius 2 is 0.800 bits per heavy atom. The van der Waals surface area contributed by atoms with Gasteiger partial charge in [0.2, 0.25) is 0 Å². The SMILES string of the molecule is CCCCC/C=C\C/C=C\CCCCCCCC(=O)OCC(COC(=O)CCCCCCN(CCO)C1CCC1)COC(=O)CCCC(COC(=O)CCCCCCC)COC(=O)CCCCCCC. The van der Waals surface area contributed by atoms with Crippen molar-refractivity contribution in [2.24, 2.45) is 11.8 Å². The number of hydrogen-bond donors (Lipinski definition) is 1. The van der Waals surface area contributed by atoms with Crippen LogP contribution in [0.25, 0.3) is 0 Å². The van der Waals surface area contributed by atoms with E-state index >= 15 is 0 Å². The van der Waals surface area contributed by atoms with Gasteiger partial charge < -0.3 is 28.8 Å². The third-order valence-corrected chi connectivity index (χ3v) is 13.2. The Morgan fingerprint density at radius 3 is 1.21 bits per heavy atom. The molecule has 0 heterocycles. The number of unbranched alkanes of at least 4 members (excludes halogenated alkanes) is 19. The van der Waals surface area contributed by atoms with Gasteiger partial charge in [0.25, 0.3) is 0 Å². The molecule has 1 unspecified atom stereocenters. The van der Waals surface area contributed by atoms with Gasteiger partial charge in [-0.1, -0.05) is 148 Å². The lowest BCUT2D eigenvalue weighted by Crippen LogP contribution is -2.42. The van der Waals surface area contributed by atoms with E-state index in [9.17, 15) is 29.1 Å². The average Bonchev–Trinajstić information content (AvgIpc) is 3.33. The summed E-state index contributed by atoms with van der Waals surface area (Å²) in [6, 6.07) is 0.599. The predicted molar refractivity (Wildman–Crippen MR) is 281 cm³/mol. The van der Waals surface area contributed by atoms with Gasteiger partial charge in [-0.3, -0.25) is 28.9 Å². The lowest BCUT2D eigenvalue weighted by atomic mass is 9.91. The molecule has 0 radical (unpaired) electrons. The highest BCUT2D eigenvalue weighted by molar-refractivity contribution is 5.71. The first-order valence-electron chi connectivity index (χ1n) is 28.6. The second-order valence-corrected chi connectivity index (χ2v) is 19.9. The van der Waals surface area contributed by atoms with Crippen molar-refractivity contribution in [2.45, 2.75) is 252 Å². The van der Waals surface area contributed by atoms with Gasteiger partial charge in [-0.05, 0) is 96.4 Å². The number of rotatable bonds is 50. The van der Waals surface area contributed by atoms with E-state index in [0.717, 1.165) is 142 Å². The van der Waals surface area contributed by atoms with Crippen LogP contribution in [-0.4, -0.2) is 98.6 Å². The number of ether oxygens (including phenoxy) is 5. The van der Waals surface area contributed by atoms with E-state index in [0.29, 0.717) is 44.6 Å². The highest BCUT2D eigenvalue weighted by atomic mass is 16.6. The molecule has 1 aliphatic carbocycles. The molecule has 0 aromatic heterocycles. The van der Waals surface area contributed by atoms with Gasteiger partial charge >= 0.3 is 29.8 Å². The molecule has 0 amide bonds. The average molecular weight is 990 g/mol. The first-order chi connectivity index (χ1) is 34.2. The Labute approximate surface area is 426 Å². The van der Waals surface area contributed by atoms with E-state index in [2.05, 4.69) is 50.0 Å². The Morgan fingerprint density at radius 1 is 0.443 bits per heavy atom. The van der Waals surface area contributed by atoms with E-state index in [1.165, 1.54) is 44.9 Å². The quantitative estimate of drug-likeness (QED) is 0.0267. The Bertz CT molecular complexity index is 1320. The van der Waals surface area contributed by atoms with E-state index in [4.69, 9.17) is 23.7 Å². The van der Waals surface area contributed by atoms with Gasteiger partial charge in [-0.15, -0.1) is 0 Å². The summed E-state index contributed by atoms with van der Waals surface area (Å²) in [6.45, 7) is 8.50. The summed E-state index contributed by atoms with van der Waals surface area (Å²) in [5.74, 6) is -2.37. The molecular formula is C58H103NO11. The minimum atomic E-state index is -0.513. The van der Waals surface area contributed by atoms with Crippen LogP contribution in [0.2, 0.25) is 0 Å². The number of hydrogen-bond acceptors (Lipinski definition) is 12. The maximum Gasteiger partial charge on any atom is 0.305 e. The standard InChI is InChI=1S/C58H103NO11/c1-4-7-10-13-14-15-16-17-18-19-20-21-22-25-30-40-56(63)68-48-52(49-69-57(64)41-31-26-27-32-43-59(44-45-60)53-36-34-37-53)50-70-58(65)42-33-35-51(46-66-54(61)38-28-23-11-8-5-2)47-67-55(62)39-29-24-12-9-6-3/h14-15,17-18,51-53,60H,4-13,16,19-50H2,1-3H3/b15-14-,18-17-. The molecule has 1 aliphatic rings. The molecule has 406 valence electrons. The third kappa shape index (κ3) is 40.4. The third-order valence-electron chi connectivity index (χ3n) is 13.2. The van der Waals surface area contributed by atoms with Crippen molar-refractivity contribution in [2.75, 3.05) is 52.7 Å². The lowest BCUT2D eigenvalue weighted by Gasteiger charge is -2.37. The summed E-state index contributed by atoms with van der Waals surface area (Å²) in [5.41, 5.74) is 0. The molecule has 1 saturated carbocycles. The lowest BCUT2D eigenvalue weighted by molar-refractivity contribution is -0.155. The van der Waals surface area contributed by atoms with Crippen molar-refractivity contribution in [3.8, 4) is 0 Å². The zero-order valence-electron chi connectivity index (χ0n) is 44.9. The van der Waals surface area contributed by atoms with Gasteiger partial charge in [0.15, 0.2) is 0 Å². The minimum Gasteiger partial charge on any atom is -0.465 e. The molecule has 1 N–H and O–H groups in total. The molecule has 0 spiro atoms. The van der Waals surface area contributed by atoms with Crippen LogP contribution in [0.3, 0.4) is 0 Å². The van der Waals surface area contributed by atoms with Crippen LogP contribution in [0, 0.1) is 11.8 Å². The second kappa shape index (κ2) is 48.0. The Balaban J connectivity index is 2.62. The number of allylic oxidation sites excluding steroid dienone is 4. The normalized spacial score (nSPS) is 13.3. The largest absolute Gasteiger partial charge is 0.465 e. The Hall–Kier alpha value is -3.25. The van der Waals surface area contributed by atoms with Crippen LogP contribution in [0.4, 0.5) is 0 Å². The minimum absolute atomic E-state index is 0.0268. The van der Waals surface area contributed by atoms with Gasteiger partial charge in [-0.25, -0.2) is 0 Å². The molecule has 0 aromatic carbocycles. The molecule has 12 nitrogen and oxygen atoms in total. The highest BCUT2D eigenvalue weighted by Crippen LogP contribution is 2.25. The number of carbonyl (C=O) groups excluding carboxylic acids is 5. The van der Waals surface area contributed by atoms with E-state index in [1.54, 1.807) is 0 Å². The van der Waals surface area contributed by atoms with Crippen LogP contribution in [-0.2, 0) is 47.7 Å². The van der Waals surface area contributed by atoms with Crippen molar-refractivity contribution in [3.63, 3.8) is 0 Å². The number of nitrogens with zero attached hydrogens (tertiary/aromatic N) is 1. The summed E-state index contributed by atoms with van der Waals surface area (Å²) in [4.78, 5) is 66.0. The zero-order chi connectivity index (χ0) is 51.0. The highest BCUT2D eigenvalue weighted by Gasteiger charge is 2.24. The smallest absolute Gasteiger partial charge is 0.305 e. The van der Waals surface area contributed by atoms with Crippen LogP contribution >= 0.6 is 0 Å². The molecule has 70 heavy (non-hydrogen) atoms. The molecule has 0 aromatic rings. The summed E-state index contributed by atoms with van der Waals surface area (Å²) in [5, 5.41) is 9.44. The molecule has 0 aliphatic heterocycles. The van der Waals surface area contributed by atoms with E-state index in [1.807, 2.05) is 0 Å². The van der Waals surface area contributed by atoms with Crippen LogP contribution in [0.1, 0.15) is 245 Å². The molecule has 12 heteroatoms. The maximum atomic E-state index is 13.0. The fourth-order valence-electron chi connectivity index (χ4n) is 8.43. The van der Waals surface area contributed by atoms with Crippen molar-refractivity contribution in [1.82, 2.24) is 4.90 Å². The molecular weight excluding hydrogens is 887 g/mol. The summed E-state index contributed by atoms with van der Waals surface area (Å²) in [7, 11) is 0. The van der Waals surface area contributed by atoms with Gasteiger partial charge in [0, 0.05) is 50.6 Å². The molecule has 1 rings (SSSR count). The Kier molecular flexibility index (Phi) is 44.4. The van der Waals surface area contributed by atoms with Crippen molar-refractivity contribution < 1.29 is 52.8 Å². The predicted octanol–water partition coefficient (Wildman–Crippen LogP) is 13.4. The van der Waals surface area contributed by atoms with Crippen molar-refractivity contribution in [1.29, 1.82) is 0 Å². The zero-order valence-corrected chi connectivity index (χ0v) is 44.9. The van der Waals surface area contributed by atoms with Gasteiger partial charge in [0.05, 0.1) is 25.7 Å². The monoisotopic (exact) mass is 990 g/mol. The summed E-state index contributed by atoms with van der Waals surface area (Å²) in [6.07, 6.45) is 41.1. The van der Waals surface area contributed by atoms with Crippen LogP contribution < -0.4 is 0 Å². The van der Waals surface area contributed by atoms with Crippen LogP contribution in [0.5, 0.6) is 0 Å². The first-order valence-corrected chi connectivity index (χ1v) is 28.6. The van der Waals surface area contributed by atoms with Crippen LogP contribution in [0.15, 0.2) is 24.3 Å². The van der Waals surface area contributed by atoms with Crippen molar-refractivity contribution in [3.05, 3.63) is 24.3 Å². The molecule has 1 atom stereocenters. The van der Waals surface area contributed by atoms with E-state index < -0.39 is 11.9 Å². The van der Waals surface area contributed by atoms with Gasteiger partial charge in [-0.2, -0.15) is 0 Å². The number of aliphatic hydroxyl groups excluding tert-OH is 1. The first kappa shape index (κ1) is 64.8. The number of aliphatic hydroxyl groups is 1. The molecule has 0 bridgehead atoms. The fourth-order valence-corrected chi connectivity index (χ4v) is 8.43. The molecule has 0 saturated heterocycles. The van der Waals surface area contributed by atoms with Crippen molar-refractivity contribution >= 4 is 29.8 Å². The number of carbonyl (C=O) groups is 5. The second-order valence-electron chi connectivity index (χ2n) is 19.9. The maximum absolute atomic E-state index is 13.0.